The van der Waals surface area contributed by atoms with Gasteiger partial charge in [-0.05, 0) is 18.9 Å². The monoisotopic (exact) mass is 269 g/mol. The zero-order valence-electron chi connectivity index (χ0n) is 8.92. The van der Waals surface area contributed by atoms with Gasteiger partial charge in [0.1, 0.15) is 0 Å². The predicted molar refractivity (Wildman–Crippen MR) is 66.3 cm³/mol. The maximum absolute atomic E-state index is 11.3. The Morgan fingerprint density at radius 1 is 1.47 bits per heavy atom. The average Bonchev–Trinajstić information content (AvgIpc) is 2.23. The van der Waals surface area contributed by atoms with E-state index in [-0.39, 0.29) is 5.91 Å². The van der Waals surface area contributed by atoms with Crippen LogP contribution in [0.5, 0.6) is 0 Å². The van der Waals surface area contributed by atoms with Crippen LogP contribution in [-0.2, 0) is 11.2 Å². The van der Waals surface area contributed by atoms with Crippen molar-refractivity contribution in [3.8, 4) is 0 Å². The lowest BCUT2D eigenvalue weighted by molar-refractivity contribution is -0.120. The van der Waals surface area contributed by atoms with Crippen LogP contribution >= 0.6 is 15.9 Å². The Morgan fingerprint density at radius 2 is 2.27 bits per heavy atom. The van der Waals surface area contributed by atoms with E-state index in [1.807, 2.05) is 6.07 Å². The Morgan fingerprint density at radius 3 is 2.93 bits per heavy atom. The van der Waals surface area contributed by atoms with Gasteiger partial charge in [0.15, 0.2) is 0 Å². The van der Waals surface area contributed by atoms with E-state index in [4.69, 9.17) is 0 Å². The van der Waals surface area contributed by atoms with Gasteiger partial charge >= 0.3 is 0 Å². The number of nitrogens with one attached hydrogen (secondary N) is 1. The Hall–Kier alpha value is -0.830. The molecule has 0 saturated heterocycles. The van der Waals surface area contributed by atoms with E-state index in [0.717, 1.165) is 11.8 Å². The van der Waals surface area contributed by atoms with Crippen LogP contribution in [0.2, 0.25) is 0 Å². The van der Waals surface area contributed by atoms with Gasteiger partial charge in [0.25, 0.3) is 0 Å². The number of hydrogen-bond acceptors (Lipinski definition) is 1. The quantitative estimate of drug-likeness (QED) is 0.818. The van der Waals surface area contributed by atoms with E-state index in [0.29, 0.717) is 13.0 Å². The van der Waals surface area contributed by atoms with Gasteiger partial charge in [-0.2, -0.15) is 0 Å². The van der Waals surface area contributed by atoms with Crippen molar-refractivity contribution in [2.24, 2.45) is 0 Å². The van der Waals surface area contributed by atoms with Crippen LogP contribution in [0.25, 0.3) is 0 Å². The lowest BCUT2D eigenvalue weighted by atomic mass is 10.1. The molecule has 0 aliphatic heterocycles. The van der Waals surface area contributed by atoms with Crippen molar-refractivity contribution in [3.63, 3.8) is 0 Å². The van der Waals surface area contributed by atoms with Gasteiger partial charge < -0.3 is 5.32 Å². The standard InChI is InChI=1S/C12H16BrNO/c1-10-3-2-4-11(9-10)5-6-12(15)14-8-7-13/h2-4,9H,5-8H2,1H3,(H,14,15). The highest BCUT2D eigenvalue weighted by Gasteiger charge is 2.01. The second kappa shape index (κ2) is 6.62. The molecule has 1 aromatic rings. The third-order valence-electron chi connectivity index (χ3n) is 2.14. The van der Waals surface area contributed by atoms with E-state index in [2.05, 4.69) is 46.4 Å². The van der Waals surface area contributed by atoms with Gasteiger partial charge in [0.05, 0.1) is 0 Å². The van der Waals surface area contributed by atoms with Crippen molar-refractivity contribution < 1.29 is 4.79 Å². The van der Waals surface area contributed by atoms with E-state index in [9.17, 15) is 4.79 Å². The lowest BCUT2D eigenvalue weighted by Crippen LogP contribution is -2.25. The summed E-state index contributed by atoms with van der Waals surface area (Å²) in [5.41, 5.74) is 2.47. The molecule has 0 spiro atoms. The van der Waals surface area contributed by atoms with Crippen molar-refractivity contribution in [1.29, 1.82) is 0 Å². The first kappa shape index (κ1) is 12.2. The predicted octanol–water partition coefficient (Wildman–Crippen LogP) is 2.44. The molecule has 0 aromatic heterocycles. The van der Waals surface area contributed by atoms with Crippen LogP contribution in [0.1, 0.15) is 17.5 Å². The second-order valence-electron chi connectivity index (χ2n) is 3.53. The number of hydrogen-bond donors (Lipinski definition) is 1. The number of carbonyl (C=O) groups excluding carboxylic acids is 1. The van der Waals surface area contributed by atoms with E-state index in [1.54, 1.807) is 0 Å². The SMILES string of the molecule is Cc1cccc(CCC(=O)NCCBr)c1. The Bertz CT molecular complexity index is 325. The summed E-state index contributed by atoms with van der Waals surface area (Å²) in [5.74, 6) is 0.121. The van der Waals surface area contributed by atoms with Crippen molar-refractivity contribution in [3.05, 3.63) is 35.4 Å². The summed E-state index contributed by atoms with van der Waals surface area (Å²) in [6.45, 7) is 2.76. The highest BCUT2D eigenvalue weighted by molar-refractivity contribution is 9.09. The second-order valence-corrected chi connectivity index (χ2v) is 4.32. The van der Waals surface area contributed by atoms with Crippen LogP contribution < -0.4 is 5.32 Å². The van der Waals surface area contributed by atoms with Gasteiger partial charge in [-0.1, -0.05) is 45.8 Å². The van der Waals surface area contributed by atoms with Crippen LogP contribution in [-0.4, -0.2) is 17.8 Å². The van der Waals surface area contributed by atoms with Crippen molar-refractivity contribution in [2.45, 2.75) is 19.8 Å². The van der Waals surface area contributed by atoms with Crippen LogP contribution in [0.3, 0.4) is 0 Å². The number of carbonyl (C=O) groups is 1. The maximum atomic E-state index is 11.3. The van der Waals surface area contributed by atoms with Crippen LogP contribution in [0, 0.1) is 6.92 Å². The Balaban J connectivity index is 2.33. The number of benzene rings is 1. The molecule has 0 saturated carbocycles. The van der Waals surface area contributed by atoms with Gasteiger partial charge in [0.2, 0.25) is 5.91 Å². The summed E-state index contributed by atoms with van der Waals surface area (Å²) in [6.07, 6.45) is 1.38. The first-order chi connectivity index (χ1) is 7.22. The molecule has 0 aliphatic rings. The number of amides is 1. The van der Waals surface area contributed by atoms with Gasteiger partial charge in [-0.25, -0.2) is 0 Å². The summed E-state index contributed by atoms with van der Waals surface area (Å²) >= 11 is 3.27. The molecule has 0 aliphatic carbocycles. The normalized spacial score (nSPS) is 10.0. The van der Waals surface area contributed by atoms with Gasteiger partial charge in [0, 0.05) is 18.3 Å². The summed E-state index contributed by atoms with van der Waals surface area (Å²) < 4.78 is 0. The van der Waals surface area contributed by atoms with Crippen molar-refractivity contribution in [2.75, 3.05) is 11.9 Å². The third-order valence-corrected chi connectivity index (χ3v) is 2.54. The minimum Gasteiger partial charge on any atom is -0.355 e. The highest BCUT2D eigenvalue weighted by Crippen LogP contribution is 2.06. The van der Waals surface area contributed by atoms with Gasteiger partial charge in [-0.3, -0.25) is 4.79 Å². The largest absolute Gasteiger partial charge is 0.355 e. The molecule has 1 rings (SSSR count). The van der Waals surface area contributed by atoms with Crippen LogP contribution in [0.4, 0.5) is 0 Å². The zero-order valence-corrected chi connectivity index (χ0v) is 10.5. The number of alkyl halides is 1. The topological polar surface area (TPSA) is 29.1 Å². The number of rotatable bonds is 5. The molecule has 15 heavy (non-hydrogen) atoms. The minimum atomic E-state index is 0.121. The molecule has 2 nitrogen and oxygen atoms in total. The lowest BCUT2D eigenvalue weighted by Gasteiger charge is -2.03. The van der Waals surface area contributed by atoms with E-state index in [1.165, 1.54) is 11.1 Å². The summed E-state index contributed by atoms with van der Waals surface area (Å²) in [5, 5.41) is 3.64. The molecule has 0 radical (unpaired) electrons. The molecular weight excluding hydrogens is 254 g/mol. The first-order valence-corrected chi connectivity index (χ1v) is 6.22. The average molecular weight is 270 g/mol. The fourth-order valence-corrected chi connectivity index (χ4v) is 1.60. The van der Waals surface area contributed by atoms with Crippen molar-refractivity contribution >= 4 is 21.8 Å². The summed E-state index contributed by atoms with van der Waals surface area (Å²) in [7, 11) is 0. The zero-order chi connectivity index (χ0) is 11.1. The summed E-state index contributed by atoms with van der Waals surface area (Å²) in [6, 6.07) is 8.28. The smallest absolute Gasteiger partial charge is 0.220 e. The first-order valence-electron chi connectivity index (χ1n) is 5.10. The van der Waals surface area contributed by atoms with Crippen LogP contribution in [0.15, 0.2) is 24.3 Å². The number of halogens is 1. The molecular formula is C12H16BrNO. The molecule has 0 fully saturated rings. The minimum absolute atomic E-state index is 0.121. The molecule has 3 heteroatoms. The molecule has 0 atom stereocenters. The Labute approximate surface area is 99.2 Å². The molecule has 1 N–H and O–H groups in total. The molecule has 0 heterocycles. The molecule has 82 valence electrons. The van der Waals surface area contributed by atoms with Crippen molar-refractivity contribution in [1.82, 2.24) is 5.32 Å². The van der Waals surface area contributed by atoms with E-state index < -0.39 is 0 Å². The third kappa shape index (κ3) is 4.98. The Kier molecular flexibility index (Phi) is 5.40. The molecule has 0 bridgehead atoms. The molecule has 1 amide bonds. The summed E-state index contributed by atoms with van der Waals surface area (Å²) in [4.78, 5) is 11.3. The molecule has 1 aromatic carbocycles. The van der Waals surface area contributed by atoms with Gasteiger partial charge in [-0.15, -0.1) is 0 Å². The highest BCUT2D eigenvalue weighted by atomic mass is 79.9. The fraction of sp³-hybridized carbons (Fsp3) is 0.417. The van der Waals surface area contributed by atoms with E-state index >= 15 is 0 Å². The maximum Gasteiger partial charge on any atom is 0.220 e. The number of aryl methyl sites for hydroxylation is 2. The fourth-order valence-electron chi connectivity index (χ4n) is 1.40. The molecule has 0 unspecified atom stereocenters.